The van der Waals surface area contributed by atoms with E-state index in [-0.39, 0.29) is 6.03 Å². The molecule has 1 fully saturated rings. The molecule has 0 unspecified atom stereocenters. The Labute approximate surface area is 168 Å². The lowest BCUT2D eigenvalue weighted by Crippen LogP contribution is -2.37. The first kappa shape index (κ1) is 20.0. The van der Waals surface area contributed by atoms with E-state index in [9.17, 15) is 14.7 Å². The van der Waals surface area contributed by atoms with Crippen LogP contribution in [0.1, 0.15) is 12.0 Å². The number of aliphatic hydroxyl groups is 1. The number of hydrogen-bond donors (Lipinski definition) is 3. The van der Waals surface area contributed by atoms with Crippen molar-refractivity contribution in [1.29, 1.82) is 0 Å². The molecule has 2 aromatic rings. The van der Waals surface area contributed by atoms with Crippen LogP contribution in [-0.4, -0.2) is 47.8 Å². The minimum absolute atomic E-state index is 0.108. The number of aryl methyl sites for hydroxylation is 1. The number of hydrogen-bond acceptors (Lipinski definition) is 3. The SMILES string of the molecule is NC(=O)Nc1ccc(CC[C@@H](O)CN2CCN(c3ccc(Cl)cc3)C2=O)cc1. The molecule has 4 N–H and O–H groups in total. The van der Waals surface area contributed by atoms with Crippen molar-refractivity contribution in [2.45, 2.75) is 18.9 Å². The lowest BCUT2D eigenvalue weighted by molar-refractivity contribution is 0.124. The number of benzene rings is 2. The average Bonchev–Trinajstić information content (AvgIpc) is 3.02. The Morgan fingerprint density at radius 2 is 1.82 bits per heavy atom. The fourth-order valence-electron chi connectivity index (χ4n) is 3.19. The first-order chi connectivity index (χ1) is 13.4. The maximum Gasteiger partial charge on any atom is 0.324 e. The second kappa shape index (κ2) is 8.95. The summed E-state index contributed by atoms with van der Waals surface area (Å²) >= 11 is 5.90. The van der Waals surface area contributed by atoms with Crippen molar-refractivity contribution in [3.63, 3.8) is 0 Å². The number of halogens is 1. The van der Waals surface area contributed by atoms with Gasteiger partial charge in [-0.05, 0) is 54.8 Å². The quantitative estimate of drug-likeness (QED) is 0.663. The lowest BCUT2D eigenvalue weighted by Gasteiger charge is -2.21. The highest BCUT2D eigenvalue weighted by atomic mass is 35.5. The van der Waals surface area contributed by atoms with Gasteiger partial charge in [-0.2, -0.15) is 0 Å². The van der Waals surface area contributed by atoms with Crippen LogP contribution in [0.4, 0.5) is 21.0 Å². The number of nitrogens with two attached hydrogens (primary N) is 1. The molecule has 0 saturated carbocycles. The van der Waals surface area contributed by atoms with E-state index in [1.54, 1.807) is 34.1 Å². The summed E-state index contributed by atoms with van der Waals surface area (Å²) < 4.78 is 0. The Hall–Kier alpha value is -2.77. The fourth-order valence-corrected chi connectivity index (χ4v) is 3.31. The third-order valence-corrected chi connectivity index (χ3v) is 4.90. The Bertz CT molecular complexity index is 826. The molecule has 0 aromatic heterocycles. The van der Waals surface area contributed by atoms with E-state index >= 15 is 0 Å². The van der Waals surface area contributed by atoms with Gasteiger partial charge in [0.1, 0.15) is 0 Å². The van der Waals surface area contributed by atoms with Gasteiger partial charge in [-0.1, -0.05) is 23.7 Å². The summed E-state index contributed by atoms with van der Waals surface area (Å²) in [5, 5.41) is 13.5. The van der Waals surface area contributed by atoms with Crippen LogP contribution in [0, 0.1) is 0 Å². The van der Waals surface area contributed by atoms with Crippen LogP contribution in [0.15, 0.2) is 48.5 Å². The summed E-state index contributed by atoms with van der Waals surface area (Å²) in [4.78, 5) is 26.8. The Morgan fingerprint density at radius 1 is 1.14 bits per heavy atom. The third-order valence-electron chi connectivity index (χ3n) is 4.65. The Morgan fingerprint density at radius 3 is 2.46 bits per heavy atom. The minimum atomic E-state index is -0.613. The number of carbonyl (C=O) groups excluding carboxylic acids is 2. The molecule has 0 radical (unpaired) electrons. The van der Waals surface area contributed by atoms with E-state index in [2.05, 4.69) is 5.32 Å². The highest BCUT2D eigenvalue weighted by Gasteiger charge is 2.30. The molecule has 1 aliphatic rings. The molecule has 0 aliphatic carbocycles. The van der Waals surface area contributed by atoms with Crippen LogP contribution in [-0.2, 0) is 6.42 Å². The van der Waals surface area contributed by atoms with Crippen LogP contribution >= 0.6 is 11.6 Å². The first-order valence-corrected chi connectivity index (χ1v) is 9.45. The standard InChI is InChI=1S/C20H23ClN4O3/c21-15-4-8-17(9-5-15)25-12-11-24(20(25)28)13-18(26)10-3-14-1-6-16(7-2-14)23-19(22)27/h1-2,4-9,18,26H,3,10-13H2,(H3,22,23,27)/t18-/m1/s1. The van der Waals surface area contributed by atoms with E-state index in [1.165, 1.54) is 0 Å². The number of primary amides is 1. The molecule has 0 bridgehead atoms. The van der Waals surface area contributed by atoms with Gasteiger partial charge in [-0.3, -0.25) is 4.90 Å². The molecule has 1 heterocycles. The molecule has 1 aliphatic heterocycles. The topological polar surface area (TPSA) is 98.9 Å². The predicted octanol–water partition coefficient (Wildman–Crippen LogP) is 3.07. The van der Waals surface area contributed by atoms with Crippen LogP contribution in [0.25, 0.3) is 0 Å². The third kappa shape index (κ3) is 5.15. The van der Waals surface area contributed by atoms with E-state index in [4.69, 9.17) is 17.3 Å². The molecular formula is C20H23ClN4O3. The van der Waals surface area contributed by atoms with E-state index in [0.717, 1.165) is 11.3 Å². The summed E-state index contributed by atoms with van der Waals surface area (Å²) in [5.41, 5.74) is 7.54. The maximum atomic E-state index is 12.6. The zero-order valence-corrected chi connectivity index (χ0v) is 16.1. The van der Waals surface area contributed by atoms with Gasteiger partial charge >= 0.3 is 12.1 Å². The summed E-state index contributed by atoms with van der Waals surface area (Å²) in [6.07, 6.45) is 0.589. The largest absolute Gasteiger partial charge is 0.391 e. The maximum absolute atomic E-state index is 12.6. The summed E-state index contributed by atoms with van der Waals surface area (Å²) in [7, 11) is 0. The van der Waals surface area contributed by atoms with Crippen molar-refractivity contribution < 1.29 is 14.7 Å². The van der Waals surface area contributed by atoms with Crippen LogP contribution in [0.3, 0.4) is 0 Å². The van der Waals surface area contributed by atoms with Crippen LogP contribution in [0.2, 0.25) is 5.02 Å². The van der Waals surface area contributed by atoms with Crippen molar-refractivity contribution in [1.82, 2.24) is 4.90 Å². The number of rotatable bonds is 7. The highest BCUT2D eigenvalue weighted by molar-refractivity contribution is 6.30. The number of β-amino-alcohol motifs (C(OH)–C–C–N with tert-alkyl or cyclic N) is 1. The zero-order valence-electron chi connectivity index (χ0n) is 15.3. The summed E-state index contributed by atoms with van der Waals surface area (Å²) in [5.74, 6) is 0. The van der Waals surface area contributed by atoms with Crippen LogP contribution < -0.4 is 16.0 Å². The summed E-state index contributed by atoms with van der Waals surface area (Å²) in [6.45, 7) is 1.46. The smallest absolute Gasteiger partial charge is 0.324 e. The molecule has 0 spiro atoms. The molecular weight excluding hydrogens is 380 g/mol. The number of anilines is 2. The van der Waals surface area contributed by atoms with Gasteiger partial charge in [0, 0.05) is 36.0 Å². The molecule has 2 aromatic carbocycles. The number of aliphatic hydroxyl groups excluding tert-OH is 1. The van der Waals surface area contributed by atoms with E-state index < -0.39 is 12.1 Å². The summed E-state index contributed by atoms with van der Waals surface area (Å²) in [6, 6.07) is 13.7. The minimum Gasteiger partial charge on any atom is -0.391 e. The first-order valence-electron chi connectivity index (χ1n) is 9.08. The number of amides is 4. The van der Waals surface area contributed by atoms with Gasteiger partial charge in [-0.15, -0.1) is 0 Å². The highest BCUT2D eigenvalue weighted by Crippen LogP contribution is 2.23. The molecule has 1 saturated heterocycles. The zero-order chi connectivity index (χ0) is 20.1. The lowest BCUT2D eigenvalue weighted by atomic mass is 10.1. The van der Waals surface area contributed by atoms with Gasteiger partial charge in [0.2, 0.25) is 0 Å². The van der Waals surface area contributed by atoms with Crippen molar-refractivity contribution in [3.8, 4) is 0 Å². The van der Waals surface area contributed by atoms with Crippen LogP contribution in [0.5, 0.6) is 0 Å². The molecule has 7 nitrogen and oxygen atoms in total. The number of carbonyl (C=O) groups is 2. The van der Waals surface area contributed by atoms with Gasteiger partial charge in [-0.25, -0.2) is 9.59 Å². The van der Waals surface area contributed by atoms with Gasteiger partial charge < -0.3 is 21.1 Å². The van der Waals surface area contributed by atoms with Gasteiger partial charge in [0.25, 0.3) is 0 Å². The molecule has 3 rings (SSSR count). The van der Waals surface area contributed by atoms with Crippen molar-refractivity contribution >= 4 is 35.0 Å². The van der Waals surface area contributed by atoms with Gasteiger partial charge in [0.15, 0.2) is 0 Å². The number of nitrogens with one attached hydrogen (secondary N) is 1. The second-order valence-electron chi connectivity index (χ2n) is 6.74. The Kier molecular flexibility index (Phi) is 6.38. The monoisotopic (exact) mass is 402 g/mol. The molecule has 1 atom stereocenters. The van der Waals surface area contributed by atoms with Crippen molar-refractivity contribution in [3.05, 3.63) is 59.1 Å². The van der Waals surface area contributed by atoms with Gasteiger partial charge in [0.05, 0.1) is 6.10 Å². The molecule has 28 heavy (non-hydrogen) atoms. The Balaban J connectivity index is 1.48. The van der Waals surface area contributed by atoms with E-state index in [0.29, 0.717) is 43.2 Å². The normalized spacial score (nSPS) is 15.0. The molecule has 4 amide bonds. The number of urea groups is 2. The fraction of sp³-hybridized carbons (Fsp3) is 0.300. The number of nitrogens with zero attached hydrogens (tertiary/aromatic N) is 2. The average molecular weight is 403 g/mol. The molecule has 148 valence electrons. The van der Waals surface area contributed by atoms with E-state index in [1.807, 2.05) is 24.3 Å². The second-order valence-corrected chi connectivity index (χ2v) is 7.17. The predicted molar refractivity (Wildman–Crippen MR) is 110 cm³/mol. The van der Waals surface area contributed by atoms with Crippen molar-refractivity contribution in [2.75, 3.05) is 29.9 Å². The molecule has 8 heteroatoms. The van der Waals surface area contributed by atoms with Crippen molar-refractivity contribution in [2.24, 2.45) is 5.73 Å².